The Morgan fingerprint density at radius 2 is 1.82 bits per heavy atom. The summed E-state index contributed by atoms with van der Waals surface area (Å²) in [7, 11) is 0. The van der Waals surface area contributed by atoms with Gasteiger partial charge in [-0.1, -0.05) is 48.2 Å². The number of amides is 1. The lowest BCUT2D eigenvalue weighted by atomic mass is 10.2. The fourth-order valence-electron chi connectivity index (χ4n) is 3.78. The standard InChI is InChI=1S/C22H22N4OS/c1-15(21(27)25-14-13-16-7-5-6-10-19(16)25)28-22-24-23-20(17-11-12-17)26(22)18-8-3-2-4-9-18/h2-10,15,17H,11-14H2,1H3. The highest BCUT2D eigenvalue weighted by Crippen LogP contribution is 2.41. The fraction of sp³-hybridized carbons (Fsp3) is 0.318. The van der Waals surface area contributed by atoms with Gasteiger partial charge in [0, 0.05) is 23.8 Å². The monoisotopic (exact) mass is 390 g/mol. The van der Waals surface area contributed by atoms with E-state index in [0.29, 0.717) is 5.92 Å². The molecule has 0 spiro atoms. The summed E-state index contributed by atoms with van der Waals surface area (Å²) in [5, 5.41) is 9.48. The van der Waals surface area contributed by atoms with E-state index in [9.17, 15) is 4.79 Å². The molecule has 1 atom stereocenters. The van der Waals surface area contributed by atoms with Gasteiger partial charge in [-0.3, -0.25) is 9.36 Å². The van der Waals surface area contributed by atoms with Crippen molar-refractivity contribution in [3.05, 3.63) is 66.0 Å². The van der Waals surface area contributed by atoms with Crippen molar-refractivity contribution in [2.75, 3.05) is 11.4 Å². The highest BCUT2D eigenvalue weighted by Gasteiger charge is 2.33. The molecule has 5 rings (SSSR count). The van der Waals surface area contributed by atoms with E-state index in [4.69, 9.17) is 0 Å². The van der Waals surface area contributed by atoms with Crippen LogP contribution >= 0.6 is 11.8 Å². The summed E-state index contributed by atoms with van der Waals surface area (Å²) in [5.41, 5.74) is 3.35. The molecule has 1 aliphatic heterocycles. The van der Waals surface area contributed by atoms with Gasteiger partial charge in [0.2, 0.25) is 5.91 Å². The predicted molar refractivity (Wildman–Crippen MR) is 111 cm³/mol. The minimum absolute atomic E-state index is 0.130. The van der Waals surface area contributed by atoms with Crippen LogP contribution in [0.25, 0.3) is 5.69 Å². The number of carbonyl (C=O) groups is 1. The third-order valence-electron chi connectivity index (χ3n) is 5.40. The van der Waals surface area contributed by atoms with Crippen molar-refractivity contribution in [2.24, 2.45) is 0 Å². The maximum atomic E-state index is 13.2. The molecule has 6 heteroatoms. The van der Waals surface area contributed by atoms with Gasteiger partial charge in [-0.2, -0.15) is 0 Å². The zero-order chi connectivity index (χ0) is 19.1. The summed E-state index contributed by atoms with van der Waals surface area (Å²) < 4.78 is 2.13. The van der Waals surface area contributed by atoms with E-state index in [1.807, 2.05) is 48.2 Å². The number of carbonyl (C=O) groups excluding carboxylic acids is 1. The average molecular weight is 391 g/mol. The van der Waals surface area contributed by atoms with Crippen molar-refractivity contribution in [3.63, 3.8) is 0 Å². The van der Waals surface area contributed by atoms with Crippen molar-refractivity contribution in [3.8, 4) is 5.69 Å². The summed E-state index contributed by atoms with van der Waals surface area (Å²) in [6.45, 7) is 2.72. The number of thioether (sulfide) groups is 1. The number of anilines is 1. The topological polar surface area (TPSA) is 51.0 Å². The number of aromatic nitrogens is 3. The molecule has 2 aliphatic rings. The molecule has 2 heterocycles. The maximum Gasteiger partial charge on any atom is 0.240 e. The Kier molecular flexibility index (Phi) is 4.43. The van der Waals surface area contributed by atoms with Crippen LogP contribution in [0.15, 0.2) is 59.8 Å². The van der Waals surface area contributed by atoms with Crippen LogP contribution in [0, 0.1) is 0 Å². The van der Waals surface area contributed by atoms with E-state index < -0.39 is 0 Å². The summed E-state index contributed by atoms with van der Waals surface area (Å²) in [5.74, 6) is 1.63. The van der Waals surface area contributed by atoms with Crippen molar-refractivity contribution in [2.45, 2.75) is 42.5 Å². The van der Waals surface area contributed by atoms with E-state index in [1.54, 1.807) is 0 Å². The Morgan fingerprint density at radius 1 is 1.07 bits per heavy atom. The molecule has 142 valence electrons. The zero-order valence-corrected chi connectivity index (χ0v) is 16.6. The van der Waals surface area contributed by atoms with Crippen molar-refractivity contribution < 1.29 is 4.79 Å². The molecular formula is C22H22N4OS. The first-order chi connectivity index (χ1) is 13.7. The highest BCUT2D eigenvalue weighted by molar-refractivity contribution is 8.00. The quantitative estimate of drug-likeness (QED) is 0.612. The van der Waals surface area contributed by atoms with E-state index in [2.05, 4.69) is 33.0 Å². The highest BCUT2D eigenvalue weighted by atomic mass is 32.2. The molecule has 3 aromatic rings. The van der Waals surface area contributed by atoms with Gasteiger partial charge in [0.15, 0.2) is 5.16 Å². The molecule has 1 aliphatic carbocycles. The molecule has 1 aromatic heterocycles. The SMILES string of the molecule is CC(Sc1nnc(C2CC2)n1-c1ccccc1)C(=O)N1CCc2ccccc21. The van der Waals surface area contributed by atoms with E-state index in [0.717, 1.165) is 48.2 Å². The molecule has 0 N–H and O–H groups in total. The smallest absolute Gasteiger partial charge is 0.240 e. The van der Waals surface area contributed by atoms with E-state index in [-0.39, 0.29) is 11.2 Å². The van der Waals surface area contributed by atoms with Gasteiger partial charge in [0.25, 0.3) is 0 Å². The second-order valence-electron chi connectivity index (χ2n) is 7.41. The Bertz CT molecular complexity index is 1010. The Balaban J connectivity index is 1.41. The largest absolute Gasteiger partial charge is 0.311 e. The maximum absolute atomic E-state index is 13.2. The van der Waals surface area contributed by atoms with Crippen LogP contribution in [-0.4, -0.2) is 32.5 Å². The van der Waals surface area contributed by atoms with Crippen LogP contribution in [0.3, 0.4) is 0 Å². The number of rotatable bonds is 5. The Hall–Kier alpha value is -2.60. The number of nitrogens with zero attached hydrogens (tertiary/aromatic N) is 4. The van der Waals surface area contributed by atoms with Crippen LogP contribution in [0.5, 0.6) is 0 Å². The van der Waals surface area contributed by atoms with Crippen LogP contribution in [-0.2, 0) is 11.2 Å². The minimum Gasteiger partial charge on any atom is -0.311 e. The molecule has 1 amide bonds. The Labute approximate surface area is 168 Å². The molecular weight excluding hydrogens is 368 g/mol. The first kappa shape index (κ1) is 17.5. The second kappa shape index (κ2) is 7.09. The first-order valence-electron chi connectivity index (χ1n) is 9.79. The van der Waals surface area contributed by atoms with E-state index in [1.165, 1.54) is 17.3 Å². The molecule has 0 radical (unpaired) electrons. The average Bonchev–Trinajstić information content (AvgIpc) is 3.35. The molecule has 1 saturated carbocycles. The van der Waals surface area contributed by atoms with Crippen molar-refractivity contribution >= 4 is 23.4 Å². The molecule has 28 heavy (non-hydrogen) atoms. The number of fused-ring (bicyclic) bond motifs is 1. The molecule has 0 saturated heterocycles. The van der Waals surface area contributed by atoms with Gasteiger partial charge in [-0.05, 0) is 49.9 Å². The number of para-hydroxylation sites is 2. The zero-order valence-electron chi connectivity index (χ0n) is 15.8. The van der Waals surface area contributed by atoms with E-state index >= 15 is 0 Å². The summed E-state index contributed by atoms with van der Waals surface area (Å²) in [6.07, 6.45) is 3.24. The predicted octanol–water partition coefficient (Wildman–Crippen LogP) is 4.21. The number of hydrogen-bond donors (Lipinski definition) is 0. The molecule has 0 bridgehead atoms. The number of hydrogen-bond acceptors (Lipinski definition) is 4. The minimum atomic E-state index is -0.232. The second-order valence-corrected chi connectivity index (χ2v) is 8.72. The lowest BCUT2D eigenvalue weighted by Crippen LogP contribution is -2.35. The third-order valence-corrected chi connectivity index (χ3v) is 6.43. The van der Waals surface area contributed by atoms with Gasteiger partial charge in [-0.15, -0.1) is 10.2 Å². The van der Waals surface area contributed by atoms with Gasteiger partial charge in [0.1, 0.15) is 5.82 Å². The number of benzene rings is 2. The van der Waals surface area contributed by atoms with Crippen LogP contribution in [0.1, 0.15) is 37.1 Å². The summed E-state index contributed by atoms with van der Waals surface area (Å²) in [4.78, 5) is 15.1. The third kappa shape index (κ3) is 3.11. The Morgan fingerprint density at radius 3 is 2.61 bits per heavy atom. The molecule has 1 fully saturated rings. The van der Waals surface area contributed by atoms with Crippen LogP contribution in [0.4, 0.5) is 5.69 Å². The summed E-state index contributed by atoms with van der Waals surface area (Å²) >= 11 is 1.50. The molecule has 2 aromatic carbocycles. The molecule has 1 unspecified atom stereocenters. The van der Waals surface area contributed by atoms with Gasteiger partial charge in [0.05, 0.1) is 5.25 Å². The molecule has 5 nitrogen and oxygen atoms in total. The van der Waals surface area contributed by atoms with Crippen LogP contribution in [0.2, 0.25) is 0 Å². The van der Waals surface area contributed by atoms with Crippen LogP contribution < -0.4 is 4.90 Å². The lowest BCUT2D eigenvalue weighted by Gasteiger charge is -2.21. The summed E-state index contributed by atoms with van der Waals surface area (Å²) in [6, 6.07) is 18.4. The van der Waals surface area contributed by atoms with Gasteiger partial charge >= 0.3 is 0 Å². The fourth-order valence-corrected chi connectivity index (χ4v) is 4.71. The van der Waals surface area contributed by atoms with Gasteiger partial charge < -0.3 is 4.90 Å². The lowest BCUT2D eigenvalue weighted by molar-refractivity contribution is -0.117. The normalized spacial score (nSPS) is 16.8. The van der Waals surface area contributed by atoms with Crippen molar-refractivity contribution in [1.82, 2.24) is 14.8 Å². The van der Waals surface area contributed by atoms with Crippen molar-refractivity contribution in [1.29, 1.82) is 0 Å². The van der Waals surface area contributed by atoms with Gasteiger partial charge in [-0.25, -0.2) is 0 Å². The first-order valence-corrected chi connectivity index (χ1v) is 10.7.